The van der Waals surface area contributed by atoms with Gasteiger partial charge in [-0.05, 0) is 59.7 Å². The molecule has 9 rings (SSSR count). The van der Waals surface area contributed by atoms with E-state index in [2.05, 4.69) is 156 Å². The molecule has 4 nitrogen and oxygen atoms in total. The summed E-state index contributed by atoms with van der Waals surface area (Å²) in [6, 6.07) is 46.6. The van der Waals surface area contributed by atoms with Crippen molar-refractivity contribution in [1.29, 1.82) is 0 Å². The second-order valence-corrected chi connectivity index (χ2v) is 11.6. The minimum Gasteiger partial charge on any atom is -0.354 e. The number of rotatable bonds is 2. The lowest BCUT2D eigenvalue weighted by atomic mass is 10.0. The predicted molar refractivity (Wildman–Crippen MR) is 186 cm³/mol. The second-order valence-electron chi connectivity index (χ2n) is 11.6. The fourth-order valence-electron chi connectivity index (χ4n) is 6.67. The lowest BCUT2D eigenvalue weighted by Crippen LogP contribution is -2.15. The zero-order chi connectivity index (χ0) is 30.5. The second kappa shape index (κ2) is 10.7. The topological polar surface area (TPSA) is 56.3 Å². The van der Waals surface area contributed by atoms with Gasteiger partial charge in [0.25, 0.3) is 0 Å². The third-order valence-electron chi connectivity index (χ3n) is 8.81. The van der Waals surface area contributed by atoms with Crippen molar-refractivity contribution in [1.82, 2.24) is 9.97 Å². The van der Waals surface area contributed by atoms with Crippen molar-refractivity contribution in [3.05, 3.63) is 211 Å². The maximum atomic E-state index is 5.26. The Morgan fingerprint density at radius 3 is 1.13 bits per heavy atom. The molecule has 0 radical (unpaired) electrons. The summed E-state index contributed by atoms with van der Waals surface area (Å²) in [5.74, 6) is 0. The van der Waals surface area contributed by atoms with Gasteiger partial charge >= 0.3 is 0 Å². The number of H-pyrrole nitrogens is 2. The van der Waals surface area contributed by atoms with E-state index < -0.39 is 0 Å². The molecule has 0 saturated carbocycles. The zero-order valence-corrected chi connectivity index (χ0v) is 24.9. The summed E-state index contributed by atoms with van der Waals surface area (Å²) in [7, 11) is 0. The molecule has 216 valence electrons. The highest BCUT2D eigenvalue weighted by Gasteiger charge is 2.17. The molecule has 0 amide bonds. The van der Waals surface area contributed by atoms with Crippen LogP contribution in [0.4, 0.5) is 0 Å². The third kappa shape index (κ3) is 4.39. The highest BCUT2D eigenvalue weighted by molar-refractivity contribution is 6.32. The standard InChI is InChI=1S/C42H28N4/c1-3-11-27(12-4-1)41-37-23-19-33(43-37)29-15-7-9-17-31(29)35-21-25-39(45-35)42(28-13-5-2-6-14-28)40-26-22-36(46-40)32-18-10-8-16-30(32)34-20-24-38(41)44-34/h1-26,43,46H. The largest absolute Gasteiger partial charge is 0.354 e. The molecule has 0 unspecified atom stereocenters. The minimum atomic E-state index is 0.924. The number of aromatic nitrogens is 2. The van der Waals surface area contributed by atoms with Crippen LogP contribution in [0.1, 0.15) is 11.1 Å². The van der Waals surface area contributed by atoms with Gasteiger partial charge in [0.2, 0.25) is 0 Å². The van der Waals surface area contributed by atoms with Crippen LogP contribution in [-0.4, -0.2) is 21.4 Å². The van der Waals surface area contributed by atoms with Crippen molar-refractivity contribution in [3.8, 4) is 0 Å². The Kier molecular flexibility index (Phi) is 6.10. The summed E-state index contributed by atoms with van der Waals surface area (Å²) in [5, 5.41) is 8.44. The minimum absolute atomic E-state index is 0.924. The average Bonchev–Trinajstić information content (AvgIpc) is 3.95. The number of hydrogen-bond acceptors (Lipinski definition) is 2. The van der Waals surface area contributed by atoms with Crippen LogP contribution in [0.15, 0.2) is 168 Å². The molecule has 2 aromatic heterocycles. The molecule has 5 heterocycles. The molecule has 0 spiro atoms. The molecule has 0 saturated heterocycles. The Labute approximate surface area is 264 Å². The van der Waals surface area contributed by atoms with E-state index in [0.29, 0.717) is 0 Å². The number of aromatic amines is 2. The van der Waals surface area contributed by atoms with E-state index in [0.717, 1.165) is 87.4 Å². The molecule has 8 bridgehead atoms. The number of nitrogens with one attached hydrogen (secondary N) is 2. The van der Waals surface area contributed by atoms with E-state index in [1.807, 2.05) is 12.1 Å². The maximum Gasteiger partial charge on any atom is 0.0737 e. The number of fused-ring (bicyclic) bond motifs is 8. The smallest absolute Gasteiger partial charge is 0.0737 e. The van der Waals surface area contributed by atoms with Gasteiger partial charge in [-0.25, -0.2) is 9.98 Å². The monoisotopic (exact) mass is 588 g/mol. The van der Waals surface area contributed by atoms with Crippen molar-refractivity contribution in [3.63, 3.8) is 0 Å². The van der Waals surface area contributed by atoms with E-state index in [1.54, 1.807) is 0 Å². The Bertz CT molecular complexity index is 2580. The molecule has 0 atom stereocenters. The Balaban J connectivity index is 1.50. The van der Waals surface area contributed by atoms with Crippen LogP contribution in [0, 0.1) is 21.1 Å². The Hall–Kier alpha value is -6.26. The van der Waals surface area contributed by atoms with Gasteiger partial charge in [-0.2, -0.15) is 0 Å². The molecule has 46 heavy (non-hydrogen) atoms. The molecule has 6 aromatic rings. The first kappa shape index (κ1) is 26.2. The molecular formula is C42H28N4. The molecule has 0 fully saturated rings. The van der Waals surface area contributed by atoms with Crippen LogP contribution in [0.3, 0.4) is 0 Å². The lowest BCUT2D eigenvalue weighted by molar-refractivity contribution is 1.23. The number of benzene rings is 4. The first-order valence-electron chi connectivity index (χ1n) is 15.5. The number of allylic oxidation sites excluding steroid dienone is 2. The molecule has 4 aromatic carbocycles. The van der Waals surface area contributed by atoms with E-state index in [4.69, 9.17) is 9.98 Å². The van der Waals surface area contributed by atoms with Gasteiger partial charge < -0.3 is 9.97 Å². The fourth-order valence-corrected chi connectivity index (χ4v) is 6.67. The van der Waals surface area contributed by atoms with Crippen molar-refractivity contribution in [2.24, 2.45) is 9.98 Å². The molecule has 4 heteroatoms. The molecule has 2 N–H and O–H groups in total. The average molecular weight is 589 g/mol. The number of nitrogens with zero attached hydrogens (tertiary/aromatic N) is 2. The van der Waals surface area contributed by atoms with Crippen LogP contribution in [0.5, 0.6) is 0 Å². The van der Waals surface area contributed by atoms with Crippen molar-refractivity contribution < 1.29 is 0 Å². The lowest BCUT2D eigenvalue weighted by Gasteiger charge is -2.06. The normalized spacial score (nSPS) is 14.9. The summed E-state index contributed by atoms with van der Waals surface area (Å²) >= 11 is 0. The van der Waals surface area contributed by atoms with Crippen LogP contribution >= 0.6 is 0 Å². The SMILES string of the molecule is C1=CC2=c3ccccc3=c3ccc([nH]3)=C(c3ccccc3)C3=NC(=c4ccccc4=c4ccc([nH]4)=C(c4ccccc4)C1=N2)C=C3. The van der Waals surface area contributed by atoms with Gasteiger partial charge in [0.05, 0.1) is 22.8 Å². The summed E-state index contributed by atoms with van der Waals surface area (Å²) < 4.78 is 0. The Morgan fingerprint density at radius 2 is 0.696 bits per heavy atom. The van der Waals surface area contributed by atoms with Crippen LogP contribution in [0.25, 0.3) is 22.5 Å². The fraction of sp³-hybridized carbons (Fsp3) is 0. The molecule has 3 aliphatic heterocycles. The molecule has 3 aliphatic rings. The van der Waals surface area contributed by atoms with Gasteiger partial charge in [0.15, 0.2) is 0 Å². The van der Waals surface area contributed by atoms with E-state index >= 15 is 0 Å². The summed E-state index contributed by atoms with van der Waals surface area (Å²) in [6.45, 7) is 0. The quantitative estimate of drug-likeness (QED) is 0.277. The van der Waals surface area contributed by atoms with Gasteiger partial charge in [0, 0.05) is 53.4 Å². The summed E-state index contributed by atoms with van der Waals surface area (Å²) in [4.78, 5) is 18.0. The van der Waals surface area contributed by atoms with Gasteiger partial charge in [-0.1, -0.05) is 109 Å². The van der Waals surface area contributed by atoms with Gasteiger partial charge in [0.1, 0.15) is 0 Å². The van der Waals surface area contributed by atoms with Gasteiger partial charge in [-0.3, -0.25) is 0 Å². The predicted octanol–water partition coefficient (Wildman–Crippen LogP) is 5.27. The third-order valence-corrected chi connectivity index (χ3v) is 8.81. The van der Waals surface area contributed by atoms with Crippen LogP contribution in [-0.2, 0) is 0 Å². The maximum absolute atomic E-state index is 5.26. The number of aliphatic imine (C=N–C) groups is 2. The number of hydrogen-bond donors (Lipinski definition) is 2. The van der Waals surface area contributed by atoms with Crippen LogP contribution < -0.4 is 21.1 Å². The summed E-state index contributed by atoms with van der Waals surface area (Å²) in [6.07, 6.45) is 8.52. The Morgan fingerprint density at radius 1 is 0.326 bits per heavy atom. The summed E-state index contributed by atoms with van der Waals surface area (Å²) in [5.41, 5.74) is 8.06. The van der Waals surface area contributed by atoms with E-state index in [1.165, 1.54) is 0 Å². The zero-order valence-electron chi connectivity index (χ0n) is 24.9. The van der Waals surface area contributed by atoms with Crippen molar-refractivity contribution >= 4 is 34.0 Å². The molecule has 0 aliphatic carbocycles. The van der Waals surface area contributed by atoms with E-state index in [9.17, 15) is 0 Å². The van der Waals surface area contributed by atoms with Crippen molar-refractivity contribution in [2.45, 2.75) is 0 Å². The van der Waals surface area contributed by atoms with Crippen molar-refractivity contribution in [2.75, 3.05) is 0 Å². The van der Waals surface area contributed by atoms with E-state index in [-0.39, 0.29) is 0 Å². The first-order valence-corrected chi connectivity index (χ1v) is 15.5. The first-order chi connectivity index (χ1) is 22.8. The highest BCUT2D eigenvalue weighted by Crippen LogP contribution is 2.22. The molecular weight excluding hydrogens is 560 g/mol. The highest BCUT2D eigenvalue weighted by atomic mass is 14.8. The van der Waals surface area contributed by atoms with Crippen LogP contribution in [0.2, 0.25) is 0 Å². The van der Waals surface area contributed by atoms with Gasteiger partial charge in [-0.15, -0.1) is 0 Å².